The molecule has 0 bridgehead atoms. The zero-order chi connectivity index (χ0) is 11.3. The second kappa shape index (κ2) is 6.15. The molecule has 1 aromatic rings. The number of aliphatic hydroxyl groups is 1. The van der Waals surface area contributed by atoms with E-state index in [-0.39, 0.29) is 6.61 Å². The van der Waals surface area contributed by atoms with Crippen molar-refractivity contribution in [1.29, 1.82) is 0 Å². The maximum Gasteiger partial charge on any atom is 0.0984 e. The Morgan fingerprint density at radius 2 is 2.27 bits per heavy atom. The average molecular weight is 229 g/mol. The van der Waals surface area contributed by atoms with Crippen LogP contribution in [0.25, 0.3) is 0 Å². The van der Waals surface area contributed by atoms with Crippen LogP contribution in [-0.4, -0.2) is 34.3 Å². The molecule has 0 amide bonds. The van der Waals surface area contributed by atoms with E-state index in [0.717, 1.165) is 24.4 Å². The van der Waals surface area contributed by atoms with Gasteiger partial charge in [-0.3, -0.25) is 4.68 Å². The van der Waals surface area contributed by atoms with Crippen LogP contribution in [-0.2, 0) is 13.6 Å². The molecule has 1 heterocycles. The number of thioether (sulfide) groups is 1. The highest BCUT2D eigenvalue weighted by atomic mass is 32.2. The summed E-state index contributed by atoms with van der Waals surface area (Å²) in [5, 5.41) is 17.5. The lowest BCUT2D eigenvalue weighted by molar-refractivity contribution is 0.296. The van der Waals surface area contributed by atoms with E-state index >= 15 is 0 Å². The molecule has 2 N–H and O–H groups in total. The van der Waals surface area contributed by atoms with Crippen LogP contribution in [0.3, 0.4) is 0 Å². The number of nitrogens with one attached hydrogen (secondary N) is 1. The molecule has 0 aliphatic heterocycles. The smallest absolute Gasteiger partial charge is 0.0984 e. The normalized spacial score (nSPS) is 10.9. The molecule has 5 heteroatoms. The summed E-state index contributed by atoms with van der Waals surface area (Å²) < 4.78 is 1.92. The zero-order valence-electron chi connectivity index (χ0n) is 9.58. The SMILES string of the molecule is CNCc1c(C)nn(C)c1SCCCO. The molecule has 0 radical (unpaired) electrons. The van der Waals surface area contributed by atoms with E-state index < -0.39 is 0 Å². The average Bonchev–Trinajstić information content (AvgIpc) is 2.45. The molecular formula is C10H19N3OS. The van der Waals surface area contributed by atoms with Crippen molar-refractivity contribution in [2.75, 3.05) is 19.4 Å². The molecule has 0 spiro atoms. The van der Waals surface area contributed by atoms with Crippen molar-refractivity contribution in [3.8, 4) is 0 Å². The number of aryl methyl sites for hydroxylation is 2. The van der Waals surface area contributed by atoms with Gasteiger partial charge in [0.1, 0.15) is 0 Å². The molecule has 0 aliphatic rings. The van der Waals surface area contributed by atoms with Crippen LogP contribution in [0.15, 0.2) is 5.03 Å². The Kier molecular flexibility index (Phi) is 5.14. The van der Waals surface area contributed by atoms with E-state index in [1.807, 2.05) is 25.7 Å². The molecule has 0 aliphatic carbocycles. The second-order valence-corrected chi connectivity index (χ2v) is 4.53. The van der Waals surface area contributed by atoms with Crippen LogP contribution < -0.4 is 5.32 Å². The standard InChI is InChI=1S/C10H19N3OS/c1-8-9(7-11-2)10(13(3)12-8)15-6-4-5-14/h11,14H,4-7H2,1-3H3. The van der Waals surface area contributed by atoms with Gasteiger partial charge in [-0.15, -0.1) is 11.8 Å². The van der Waals surface area contributed by atoms with Gasteiger partial charge in [0.05, 0.1) is 10.7 Å². The molecule has 0 saturated heterocycles. The molecule has 15 heavy (non-hydrogen) atoms. The van der Waals surface area contributed by atoms with E-state index in [1.54, 1.807) is 11.8 Å². The van der Waals surface area contributed by atoms with Crippen molar-refractivity contribution in [1.82, 2.24) is 15.1 Å². The number of aliphatic hydroxyl groups excluding tert-OH is 1. The highest BCUT2D eigenvalue weighted by Gasteiger charge is 2.12. The van der Waals surface area contributed by atoms with Gasteiger partial charge in [-0.05, 0) is 20.4 Å². The molecule has 4 nitrogen and oxygen atoms in total. The van der Waals surface area contributed by atoms with Crippen molar-refractivity contribution < 1.29 is 5.11 Å². The van der Waals surface area contributed by atoms with Crippen molar-refractivity contribution in [2.24, 2.45) is 7.05 Å². The molecule has 0 atom stereocenters. The Balaban J connectivity index is 2.74. The van der Waals surface area contributed by atoms with Crippen LogP contribution in [0.2, 0.25) is 0 Å². The van der Waals surface area contributed by atoms with Gasteiger partial charge in [0.15, 0.2) is 0 Å². The summed E-state index contributed by atoms with van der Waals surface area (Å²) in [5.41, 5.74) is 2.35. The molecular weight excluding hydrogens is 210 g/mol. The maximum absolute atomic E-state index is 8.74. The third-order valence-electron chi connectivity index (χ3n) is 2.18. The van der Waals surface area contributed by atoms with Crippen LogP contribution in [0.5, 0.6) is 0 Å². The van der Waals surface area contributed by atoms with Gasteiger partial charge in [-0.25, -0.2) is 0 Å². The van der Waals surface area contributed by atoms with Gasteiger partial charge in [0.25, 0.3) is 0 Å². The minimum Gasteiger partial charge on any atom is -0.396 e. The van der Waals surface area contributed by atoms with E-state index in [4.69, 9.17) is 5.11 Å². The van der Waals surface area contributed by atoms with Crippen molar-refractivity contribution in [3.05, 3.63) is 11.3 Å². The fraction of sp³-hybridized carbons (Fsp3) is 0.700. The number of rotatable bonds is 6. The Morgan fingerprint density at radius 3 is 2.87 bits per heavy atom. The van der Waals surface area contributed by atoms with Crippen molar-refractivity contribution in [2.45, 2.75) is 24.9 Å². The third-order valence-corrected chi connectivity index (χ3v) is 3.46. The van der Waals surface area contributed by atoms with Gasteiger partial charge in [-0.2, -0.15) is 5.10 Å². The summed E-state index contributed by atoms with van der Waals surface area (Å²) in [7, 11) is 3.90. The van der Waals surface area contributed by atoms with E-state index in [1.165, 1.54) is 10.6 Å². The van der Waals surface area contributed by atoms with Crippen LogP contribution in [0.1, 0.15) is 17.7 Å². The van der Waals surface area contributed by atoms with Gasteiger partial charge in [0, 0.05) is 31.5 Å². The first-order chi connectivity index (χ1) is 7.20. The minimum absolute atomic E-state index is 0.255. The van der Waals surface area contributed by atoms with Gasteiger partial charge < -0.3 is 10.4 Å². The first kappa shape index (κ1) is 12.5. The van der Waals surface area contributed by atoms with Crippen LogP contribution in [0, 0.1) is 6.92 Å². The molecule has 0 aromatic carbocycles. The summed E-state index contributed by atoms with van der Waals surface area (Å²) in [6.07, 6.45) is 0.827. The highest BCUT2D eigenvalue weighted by molar-refractivity contribution is 7.99. The minimum atomic E-state index is 0.255. The first-order valence-corrected chi connectivity index (χ1v) is 6.10. The summed E-state index contributed by atoms with van der Waals surface area (Å²) >= 11 is 1.76. The van der Waals surface area contributed by atoms with Crippen molar-refractivity contribution in [3.63, 3.8) is 0 Å². The summed E-state index contributed by atoms with van der Waals surface area (Å²) in [4.78, 5) is 0. The number of aromatic nitrogens is 2. The maximum atomic E-state index is 8.74. The summed E-state index contributed by atoms with van der Waals surface area (Å²) in [6.45, 7) is 3.13. The molecule has 86 valence electrons. The van der Waals surface area contributed by atoms with E-state index in [2.05, 4.69) is 10.4 Å². The van der Waals surface area contributed by atoms with Gasteiger partial charge in [-0.1, -0.05) is 0 Å². The van der Waals surface area contributed by atoms with Gasteiger partial charge in [0.2, 0.25) is 0 Å². The van der Waals surface area contributed by atoms with Gasteiger partial charge >= 0.3 is 0 Å². The van der Waals surface area contributed by atoms with Crippen LogP contribution in [0.4, 0.5) is 0 Å². The summed E-state index contributed by atoms with van der Waals surface area (Å²) in [6, 6.07) is 0. The topological polar surface area (TPSA) is 50.1 Å². The first-order valence-electron chi connectivity index (χ1n) is 5.11. The summed E-state index contributed by atoms with van der Waals surface area (Å²) in [5.74, 6) is 0.937. The lowest BCUT2D eigenvalue weighted by Crippen LogP contribution is -2.07. The molecule has 0 unspecified atom stereocenters. The molecule has 1 aromatic heterocycles. The molecule has 0 fully saturated rings. The zero-order valence-corrected chi connectivity index (χ0v) is 10.4. The third kappa shape index (κ3) is 3.22. The second-order valence-electron chi connectivity index (χ2n) is 3.45. The van der Waals surface area contributed by atoms with Crippen LogP contribution >= 0.6 is 11.8 Å². The quantitative estimate of drug-likeness (QED) is 0.562. The van der Waals surface area contributed by atoms with E-state index in [0.29, 0.717) is 0 Å². The molecule has 1 rings (SSSR count). The van der Waals surface area contributed by atoms with E-state index in [9.17, 15) is 0 Å². The Hall–Kier alpha value is -0.520. The molecule has 0 saturated carbocycles. The Labute approximate surface area is 95.1 Å². The number of nitrogens with zero attached hydrogens (tertiary/aromatic N) is 2. The lowest BCUT2D eigenvalue weighted by Gasteiger charge is -2.05. The number of hydrogen-bond acceptors (Lipinski definition) is 4. The predicted molar refractivity (Wildman–Crippen MR) is 63.1 cm³/mol. The van der Waals surface area contributed by atoms with Crippen molar-refractivity contribution >= 4 is 11.8 Å². The Morgan fingerprint density at radius 1 is 1.53 bits per heavy atom. The largest absolute Gasteiger partial charge is 0.396 e. The predicted octanol–water partition coefficient (Wildman–Crippen LogP) is 0.922. The fourth-order valence-corrected chi connectivity index (χ4v) is 2.56. The monoisotopic (exact) mass is 229 g/mol. The Bertz CT molecular complexity index is 312. The lowest BCUT2D eigenvalue weighted by atomic mass is 10.3. The highest BCUT2D eigenvalue weighted by Crippen LogP contribution is 2.25. The fourth-order valence-electron chi connectivity index (χ4n) is 1.48. The number of hydrogen-bond donors (Lipinski definition) is 2.